The lowest BCUT2D eigenvalue weighted by atomic mass is 9.72. The highest BCUT2D eigenvalue weighted by atomic mass is 14.3. The zero-order valence-electron chi connectivity index (χ0n) is 9.97. The lowest BCUT2D eigenvalue weighted by molar-refractivity contribution is 0.219. The van der Waals surface area contributed by atoms with Crippen LogP contribution in [0.1, 0.15) is 65.2 Å². The molecule has 1 aliphatic carbocycles. The largest absolute Gasteiger partial charge is 0.0914 e. The van der Waals surface area contributed by atoms with Crippen molar-refractivity contribution in [3.63, 3.8) is 0 Å². The van der Waals surface area contributed by atoms with Crippen LogP contribution in [-0.4, -0.2) is 0 Å². The maximum atomic E-state index is 2.38. The molecule has 0 spiro atoms. The number of hydrogen-bond acceptors (Lipinski definition) is 0. The second-order valence-corrected chi connectivity index (χ2v) is 4.83. The van der Waals surface area contributed by atoms with Crippen LogP contribution in [0.25, 0.3) is 0 Å². The fourth-order valence-corrected chi connectivity index (χ4v) is 2.49. The minimum Gasteiger partial charge on any atom is -0.0914 e. The first-order valence-electron chi connectivity index (χ1n) is 6.49. The van der Waals surface area contributed by atoms with Gasteiger partial charge in [0.25, 0.3) is 0 Å². The predicted molar refractivity (Wildman–Crippen MR) is 64.4 cm³/mol. The van der Waals surface area contributed by atoms with Gasteiger partial charge in [0.1, 0.15) is 0 Å². The van der Waals surface area contributed by atoms with Crippen molar-refractivity contribution in [2.75, 3.05) is 0 Å². The molecule has 0 bridgehead atoms. The SMILES string of the molecule is CC=CC1CC(CCCCCCC)C1. The van der Waals surface area contributed by atoms with Crippen LogP contribution < -0.4 is 0 Å². The summed E-state index contributed by atoms with van der Waals surface area (Å²) < 4.78 is 0. The molecule has 0 aromatic rings. The molecule has 0 aromatic heterocycles. The van der Waals surface area contributed by atoms with Gasteiger partial charge in [0, 0.05) is 0 Å². The van der Waals surface area contributed by atoms with Gasteiger partial charge >= 0.3 is 0 Å². The molecule has 0 amide bonds. The van der Waals surface area contributed by atoms with E-state index in [2.05, 4.69) is 26.0 Å². The Morgan fingerprint density at radius 2 is 1.79 bits per heavy atom. The first kappa shape index (κ1) is 11.8. The Labute approximate surface area is 89.8 Å². The smallest absolute Gasteiger partial charge is 0.0228 e. The molecule has 1 saturated carbocycles. The average molecular weight is 194 g/mol. The predicted octanol–water partition coefficient (Wildman–Crippen LogP) is 4.95. The van der Waals surface area contributed by atoms with E-state index in [0.29, 0.717) is 0 Å². The second kappa shape index (κ2) is 7.09. The van der Waals surface area contributed by atoms with Gasteiger partial charge in [-0.05, 0) is 31.6 Å². The van der Waals surface area contributed by atoms with Gasteiger partial charge in [0.2, 0.25) is 0 Å². The van der Waals surface area contributed by atoms with Crippen molar-refractivity contribution in [3.8, 4) is 0 Å². The van der Waals surface area contributed by atoms with Gasteiger partial charge in [-0.1, -0.05) is 57.6 Å². The maximum absolute atomic E-state index is 2.38. The van der Waals surface area contributed by atoms with E-state index >= 15 is 0 Å². The molecule has 0 unspecified atom stereocenters. The third-order valence-electron chi connectivity index (χ3n) is 3.45. The molecule has 0 heteroatoms. The van der Waals surface area contributed by atoms with Crippen molar-refractivity contribution in [2.24, 2.45) is 11.8 Å². The molecule has 14 heavy (non-hydrogen) atoms. The van der Waals surface area contributed by atoms with Gasteiger partial charge in [0.15, 0.2) is 0 Å². The topological polar surface area (TPSA) is 0 Å². The molecule has 0 saturated heterocycles. The van der Waals surface area contributed by atoms with Crippen molar-refractivity contribution in [1.29, 1.82) is 0 Å². The van der Waals surface area contributed by atoms with E-state index in [1.54, 1.807) is 0 Å². The molecule has 0 nitrogen and oxygen atoms in total. The summed E-state index contributed by atoms with van der Waals surface area (Å²) in [5.41, 5.74) is 0. The van der Waals surface area contributed by atoms with Gasteiger partial charge in [-0.3, -0.25) is 0 Å². The van der Waals surface area contributed by atoms with Crippen LogP contribution in [0.15, 0.2) is 12.2 Å². The number of hydrogen-bond donors (Lipinski definition) is 0. The van der Waals surface area contributed by atoms with Crippen molar-refractivity contribution in [2.45, 2.75) is 65.2 Å². The molecular formula is C14H26. The van der Waals surface area contributed by atoms with Crippen molar-refractivity contribution < 1.29 is 0 Å². The summed E-state index contributed by atoms with van der Waals surface area (Å²) in [6, 6.07) is 0. The Morgan fingerprint density at radius 3 is 2.43 bits per heavy atom. The lowest BCUT2D eigenvalue weighted by Gasteiger charge is -2.33. The molecule has 0 heterocycles. The van der Waals surface area contributed by atoms with Crippen molar-refractivity contribution in [1.82, 2.24) is 0 Å². The molecule has 0 radical (unpaired) electrons. The standard InChI is InChI=1S/C14H26/c1-3-5-6-7-8-10-14-11-13(12-14)9-4-2/h4,9,13-14H,3,5-8,10-12H2,1-2H3. The number of allylic oxidation sites excluding steroid dienone is 2. The van der Waals surface area contributed by atoms with E-state index in [0.717, 1.165) is 11.8 Å². The summed E-state index contributed by atoms with van der Waals surface area (Å²) in [5.74, 6) is 2.00. The first-order chi connectivity index (χ1) is 6.86. The van der Waals surface area contributed by atoms with Crippen LogP contribution in [0.3, 0.4) is 0 Å². The summed E-state index contributed by atoms with van der Waals surface area (Å²) in [4.78, 5) is 0. The lowest BCUT2D eigenvalue weighted by Crippen LogP contribution is -2.21. The summed E-state index contributed by atoms with van der Waals surface area (Å²) >= 11 is 0. The fraction of sp³-hybridized carbons (Fsp3) is 0.857. The fourth-order valence-electron chi connectivity index (χ4n) is 2.49. The van der Waals surface area contributed by atoms with Crippen LogP contribution >= 0.6 is 0 Å². The molecule has 0 N–H and O–H groups in total. The van der Waals surface area contributed by atoms with E-state index in [9.17, 15) is 0 Å². The van der Waals surface area contributed by atoms with Gasteiger partial charge in [-0.15, -0.1) is 0 Å². The monoisotopic (exact) mass is 194 g/mol. The van der Waals surface area contributed by atoms with Crippen LogP contribution in [0.5, 0.6) is 0 Å². The Kier molecular flexibility index (Phi) is 5.98. The molecule has 0 aliphatic heterocycles. The van der Waals surface area contributed by atoms with Crippen molar-refractivity contribution >= 4 is 0 Å². The summed E-state index contributed by atoms with van der Waals surface area (Å²) in [6.07, 6.45) is 16.2. The summed E-state index contributed by atoms with van der Waals surface area (Å²) in [5, 5.41) is 0. The molecule has 0 atom stereocenters. The van der Waals surface area contributed by atoms with Gasteiger partial charge < -0.3 is 0 Å². The van der Waals surface area contributed by atoms with E-state index in [4.69, 9.17) is 0 Å². The number of rotatable bonds is 7. The van der Waals surface area contributed by atoms with Crippen LogP contribution in [-0.2, 0) is 0 Å². The zero-order valence-corrected chi connectivity index (χ0v) is 9.97. The normalized spacial score (nSPS) is 26.7. The summed E-state index contributed by atoms with van der Waals surface area (Å²) in [7, 11) is 0. The van der Waals surface area contributed by atoms with Crippen LogP contribution in [0.2, 0.25) is 0 Å². The number of unbranched alkanes of at least 4 members (excludes halogenated alkanes) is 4. The Balaban J connectivity index is 1.86. The molecule has 0 aromatic carbocycles. The maximum Gasteiger partial charge on any atom is -0.0228 e. The molecule has 1 aliphatic rings. The highest BCUT2D eigenvalue weighted by Gasteiger charge is 2.25. The van der Waals surface area contributed by atoms with E-state index in [1.165, 1.54) is 51.4 Å². The van der Waals surface area contributed by atoms with E-state index in [-0.39, 0.29) is 0 Å². The Hall–Kier alpha value is -0.260. The molecule has 1 fully saturated rings. The van der Waals surface area contributed by atoms with Gasteiger partial charge in [0.05, 0.1) is 0 Å². The van der Waals surface area contributed by atoms with Gasteiger partial charge in [-0.2, -0.15) is 0 Å². The Morgan fingerprint density at radius 1 is 1.07 bits per heavy atom. The van der Waals surface area contributed by atoms with Crippen molar-refractivity contribution in [3.05, 3.63) is 12.2 Å². The summed E-state index contributed by atoms with van der Waals surface area (Å²) in [6.45, 7) is 4.42. The molecule has 82 valence electrons. The van der Waals surface area contributed by atoms with E-state index < -0.39 is 0 Å². The zero-order chi connectivity index (χ0) is 10.2. The third kappa shape index (κ3) is 4.30. The first-order valence-corrected chi connectivity index (χ1v) is 6.49. The molecule has 1 rings (SSSR count). The average Bonchev–Trinajstić information content (AvgIpc) is 2.13. The molecular weight excluding hydrogens is 168 g/mol. The minimum absolute atomic E-state index is 0.931. The van der Waals surface area contributed by atoms with Gasteiger partial charge in [-0.25, -0.2) is 0 Å². The van der Waals surface area contributed by atoms with Crippen LogP contribution in [0.4, 0.5) is 0 Å². The minimum atomic E-state index is 0.931. The highest BCUT2D eigenvalue weighted by Crippen LogP contribution is 2.37. The quantitative estimate of drug-likeness (QED) is 0.397. The van der Waals surface area contributed by atoms with E-state index in [1.807, 2.05) is 0 Å². The third-order valence-corrected chi connectivity index (χ3v) is 3.45. The Bertz CT molecular complexity index is 151. The second-order valence-electron chi connectivity index (χ2n) is 4.83. The highest BCUT2D eigenvalue weighted by molar-refractivity contribution is 4.94. The van der Waals surface area contributed by atoms with Crippen LogP contribution in [0, 0.1) is 11.8 Å².